The molecule has 0 amide bonds. The van der Waals surface area contributed by atoms with Crippen molar-refractivity contribution >= 4 is 5.69 Å². The number of hydrogen-bond acceptors (Lipinski definition) is 3. The fourth-order valence-corrected chi connectivity index (χ4v) is 2.59. The summed E-state index contributed by atoms with van der Waals surface area (Å²) in [4.78, 5) is 0. The molecule has 1 aromatic carbocycles. The van der Waals surface area contributed by atoms with Gasteiger partial charge in [0.05, 0.1) is 12.6 Å². The standard InChI is InChI=1S/C14H21FN2O/c1-18-10-14(15,7-4-8-16)13-9-11-5-2-3-6-12(11)17-13/h2-3,5-6,13,17H,4,7-10,16H2,1H3. The maximum Gasteiger partial charge on any atom is 0.154 e. The van der Waals surface area contributed by atoms with Crippen molar-refractivity contribution in [3.63, 3.8) is 0 Å². The van der Waals surface area contributed by atoms with Crippen molar-refractivity contribution in [2.24, 2.45) is 5.73 Å². The average Bonchev–Trinajstić information content (AvgIpc) is 2.81. The summed E-state index contributed by atoms with van der Waals surface area (Å²) < 4.78 is 20.1. The molecule has 100 valence electrons. The summed E-state index contributed by atoms with van der Waals surface area (Å²) in [6.45, 7) is 0.619. The molecule has 2 atom stereocenters. The Labute approximate surface area is 108 Å². The molecular weight excluding hydrogens is 231 g/mol. The number of benzene rings is 1. The van der Waals surface area contributed by atoms with Gasteiger partial charge in [-0.2, -0.15) is 0 Å². The van der Waals surface area contributed by atoms with E-state index in [0.717, 1.165) is 5.69 Å². The third kappa shape index (κ3) is 2.65. The normalized spacial score (nSPS) is 21.2. The van der Waals surface area contributed by atoms with Gasteiger partial charge in [0.1, 0.15) is 0 Å². The number of hydrogen-bond donors (Lipinski definition) is 2. The Hall–Kier alpha value is -1.13. The van der Waals surface area contributed by atoms with Crippen LogP contribution < -0.4 is 11.1 Å². The number of ether oxygens (including phenoxy) is 1. The predicted molar refractivity (Wildman–Crippen MR) is 71.6 cm³/mol. The summed E-state index contributed by atoms with van der Waals surface area (Å²) in [5, 5.41) is 3.27. The van der Waals surface area contributed by atoms with Crippen molar-refractivity contribution < 1.29 is 9.13 Å². The molecule has 0 aromatic heterocycles. The number of alkyl halides is 1. The predicted octanol–water partition coefficient (Wildman–Crippen LogP) is 2.12. The van der Waals surface area contributed by atoms with Gasteiger partial charge in [0.15, 0.2) is 5.67 Å². The first-order chi connectivity index (χ1) is 8.69. The molecule has 3 nitrogen and oxygen atoms in total. The fourth-order valence-electron chi connectivity index (χ4n) is 2.59. The Morgan fingerprint density at radius 2 is 2.28 bits per heavy atom. The molecule has 0 radical (unpaired) electrons. The lowest BCUT2D eigenvalue weighted by Crippen LogP contribution is -2.46. The van der Waals surface area contributed by atoms with Gasteiger partial charge in [-0.15, -0.1) is 0 Å². The second kappa shape index (κ2) is 5.67. The average molecular weight is 252 g/mol. The minimum absolute atomic E-state index is 0.110. The number of para-hydroxylation sites is 1. The Kier molecular flexibility index (Phi) is 4.19. The van der Waals surface area contributed by atoms with Crippen LogP contribution in [0, 0.1) is 0 Å². The van der Waals surface area contributed by atoms with Gasteiger partial charge in [-0.3, -0.25) is 0 Å². The molecule has 0 aliphatic carbocycles. The molecule has 1 aromatic rings. The van der Waals surface area contributed by atoms with E-state index in [-0.39, 0.29) is 12.6 Å². The highest BCUT2D eigenvalue weighted by molar-refractivity contribution is 5.57. The molecular formula is C14H21FN2O. The zero-order chi connectivity index (χ0) is 13.0. The lowest BCUT2D eigenvalue weighted by molar-refractivity contribution is 0.0201. The van der Waals surface area contributed by atoms with Crippen molar-refractivity contribution in [1.29, 1.82) is 0 Å². The molecule has 18 heavy (non-hydrogen) atoms. The van der Waals surface area contributed by atoms with Crippen LogP contribution in [-0.4, -0.2) is 32.0 Å². The Morgan fingerprint density at radius 1 is 1.50 bits per heavy atom. The summed E-state index contributed by atoms with van der Waals surface area (Å²) >= 11 is 0. The van der Waals surface area contributed by atoms with Crippen LogP contribution in [0.2, 0.25) is 0 Å². The van der Waals surface area contributed by atoms with E-state index in [9.17, 15) is 0 Å². The smallest absolute Gasteiger partial charge is 0.154 e. The lowest BCUT2D eigenvalue weighted by Gasteiger charge is -2.31. The van der Waals surface area contributed by atoms with E-state index in [1.165, 1.54) is 5.56 Å². The number of anilines is 1. The first kappa shape index (κ1) is 13.3. The van der Waals surface area contributed by atoms with Crippen LogP contribution in [0.5, 0.6) is 0 Å². The highest BCUT2D eigenvalue weighted by Gasteiger charge is 2.41. The number of methoxy groups -OCH3 is 1. The van der Waals surface area contributed by atoms with Crippen LogP contribution >= 0.6 is 0 Å². The topological polar surface area (TPSA) is 47.3 Å². The molecule has 1 aliphatic heterocycles. The van der Waals surface area contributed by atoms with E-state index in [2.05, 4.69) is 5.32 Å². The summed E-state index contributed by atoms with van der Waals surface area (Å²) in [6.07, 6.45) is 1.82. The first-order valence-corrected chi connectivity index (χ1v) is 6.42. The molecule has 2 unspecified atom stereocenters. The minimum atomic E-state index is -1.35. The third-order valence-corrected chi connectivity index (χ3v) is 3.58. The van der Waals surface area contributed by atoms with Crippen molar-refractivity contribution in [3.8, 4) is 0 Å². The van der Waals surface area contributed by atoms with Crippen LogP contribution in [0.15, 0.2) is 24.3 Å². The summed E-state index contributed by atoms with van der Waals surface area (Å²) in [5.74, 6) is 0. The summed E-state index contributed by atoms with van der Waals surface area (Å²) in [7, 11) is 1.54. The highest BCUT2D eigenvalue weighted by Crippen LogP contribution is 2.35. The number of nitrogens with one attached hydrogen (secondary N) is 1. The van der Waals surface area contributed by atoms with E-state index in [1.54, 1.807) is 7.11 Å². The number of fused-ring (bicyclic) bond motifs is 1. The van der Waals surface area contributed by atoms with E-state index in [0.29, 0.717) is 25.8 Å². The molecule has 0 saturated carbocycles. The summed E-state index contributed by atoms with van der Waals surface area (Å²) in [6, 6.07) is 7.76. The maximum atomic E-state index is 15.0. The van der Waals surface area contributed by atoms with Crippen LogP contribution in [0.3, 0.4) is 0 Å². The summed E-state index contributed by atoms with van der Waals surface area (Å²) in [5.41, 5.74) is 6.34. The molecule has 0 fully saturated rings. The molecule has 1 heterocycles. The van der Waals surface area contributed by atoms with E-state index < -0.39 is 5.67 Å². The van der Waals surface area contributed by atoms with Gasteiger partial charge >= 0.3 is 0 Å². The molecule has 4 heteroatoms. The highest BCUT2D eigenvalue weighted by atomic mass is 19.1. The molecule has 1 aliphatic rings. The van der Waals surface area contributed by atoms with Crippen LogP contribution in [-0.2, 0) is 11.2 Å². The second-order valence-electron chi connectivity index (χ2n) is 4.92. The first-order valence-electron chi connectivity index (χ1n) is 6.42. The van der Waals surface area contributed by atoms with E-state index >= 15 is 4.39 Å². The Balaban J connectivity index is 2.10. The molecule has 0 bridgehead atoms. The molecule has 0 saturated heterocycles. The van der Waals surface area contributed by atoms with Crippen molar-refractivity contribution in [2.75, 3.05) is 25.6 Å². The van der Waals surface area contributed by atoms with Crippen molar-refractivity contribution in [1.82, 2.24) is 0 Å². The second-order valence-corrected chi connectivity index (χ2v) is 4.92. The molecule has 3 N–H and O–H groups in total. The molecule has 2 rings (SSSR count). The van der Waals surface area contributed by atoms with E-state index in [1.807, 2.05) is 24.3 Å². The monoisotopic (exact) mass is 252 g/mol. The van der Waals surface area contributed by atoms with Crippen molar-refractivity contribution in [3.05, 3.63) is 29.8 Å². The van der Waals surface area contributed by atoms with Crippen molar-refractivity contribution in [2.45, 2.75) is 31.0 Å². The van der Waals surface area contributed by atoms with Gasteiger partial charge in [-0.1, -0.05) is 18.2 Å². The maximum absolute atomic E-state index is 15.0. The largest absolute Gasteiger partial charge is 0.381 e. The van der Waals surface area contributed by atoms with Gasteiger partial charge in [0.2, 0.25) is 0 Å². The van der Waals surface area contributed by atoms with Gasteiger partial charge in [0.25, 0.3) is 0 Å². The van der Waals surface area contributed by atoms with E-state index in [4.69, 9.17) is 10.5 Å². The lowest BCUT2D eigenvalue weighted by atomic mass is 9.89. The van der Waals surface area contributed by atoms with Crippen LogP contribution in [0.4, 0.5) is 10.1 Å². The Morgan fingerprint density at radius 3 is 2.94 bits per heavy atom. The Bertz CT molecular complexity index is 374. The molecule has 0 spiro atoms. The SMILES string of the molecule is COCC(F)(CCCN)C1Cc2ccccc2N1. The van der Waals surface area contributed by atoms with Gasteiger partial charge < -0.3 is 15.8 Å². The quantitative estimate of drug-likeness (QED) is 0.815. The number of rotatable bonds is 6. The third-order valence-electron chi connectivity index (χ3n) is 3.58. The minimum Gasteiger partial charge on any atom is -0.381 e. The van der Waals surface area contributed by atoms with Gasteiger partial charge in [0, 0.05) is 12.8 Å². The van der Waals surface area contributed by atoms with Gasteiger partial charge in [-0.25, -0.2) is 4.39 Å². The zero-order valence-corrected chi connectivity index (χ0v) is 10.8. The number of halogens is 1. The van der Waals surface area contributed by atoms with Gasteiger partial charge in [-0.05, 0) is 37.4 Å². The van der Waals surface area contributed by atoms with Crippen LogP contribution in [0.25, 0.3) is 0 Å². The number of nitrogens with two attached hydrogens (primary N) is 1. The fraction of sp³-hybridized carbons (Fsp3) is 0.571. The van der Waals surface area contributed by atoms with Crippen LogP contribution in [0.1, 0.15) is 18.4 Å². The zero-order valence-electron chi connectivity index (χ0n) is 10.8.